The molecule has 2 heteroatoms. The average molecular weight is 675 g/mol. The molecule has 2 nitrogen and oxygen atoms in total. The summed E-state index contributed by atoms with van der Waals surface area (Å²) in [6, 6.07) is 52.1. The Morgan fingerprint density at radius 1 is 0.308 bits per heavy atom. The average Bonchev–Trinajstić information content (AvgIpc) is 3.72. The molecule has 0 saturated carbocycles. The number of benzene rings is 7. The van der Waals surface area contributed by atoms with Crippen LogP contribution in [0, 0.1) is 0 Å². The SMILES string of the molecule is CC(C)(C)c1c(-c2cc(-c3ccccc3)c3c(c2)oc2ccc(-c4ccccc4)c(C(C)(C)C)c23)ccc2oc3cccc(-c4ccccc4)c3c12. The Morgan fingerprint density at radius 2 is 0.731 bits per heavy atom. The van der Waals surface area contributed by atoms with Crippen LogP contribution in [0.3, 0.4) is 0 Å². The van der Waals surface area contributed by atoms with E-state index in [0.29, 0.717) is 0 Å². The zero-order chi connectivity index (χ0) is 35.8. The van der Waals surface area contributed by atoms with Gasteiger partial charge in [0.1, 0.15) is 22.3 Å². The van der Waals surface area contributed by atoms with Crippen molar-refractivity contribution in [3.63, 3.8) is 0 Å². The third-order valence-electron chi connectivity index (χ3n) is 10.5. The first-order valence-corrected chi connectivity index (χ1v) is 18.3. The molecular formula is C50H42O2. The Kier molecular flexibility index (Phi) is 7.31. The van der Waals surface area contributed by atoms with Crippen LogP contribution in [0.15, 0.2) is 154 Å². The monoisotopic (exact) mass is 674 g/mol. The largest absolute Gasteiger partial charge is 0.456 e. The number of rotatable bonds is 4. The molecule has 2 aromatic heterocycles. The van der Waals surface area contributed by atoms with E-state index in [4.69, 9.17) is 8.83 Å². The third kappa shape index (κ3) is 5.16. The summed E-state index contributed by atoms with van der Waals surface area (Å²) in [6.07, 6.45) is 0. The van der Waals surface area contributed by atoms with Gasteiger partial charge in [-0.1, -0.05) is 157 Å². The molecule has 0 bridgehead atoms. The summed E-state index contributed by atoms with van der Waals surface area (Å²) < 4.78 is 13.5. The Bertz CT molecular complexity index is 2770. The summed E-state index contributed by atoms with van der Waals surface area (Å²) in [6.45, 7) is 13.9. The molecule has 9 rings (SSSR count). The summed E-state index contributed by atoms with van der Waals surface area (Å²) in [7, 11) is 0. The highest BCUT2D eigenvalue weighted by Crippen LogP contribution is 2.50. The van der Waals surface area contributed by atoms with Gasteiger partial charge < -0.3 is 8.83 Å². The maximum Gasteiger partial charge on any atom is 0.136 e. The van der Waals surface area contributed by atoms with Crippen LogP contribution in [0.1, 0.15) is 52.7 Å². The first-order chi connectivity index (χ1) is 25.1. The molecule has 0 spiro atoms. The molecule has 0 unspecified atom stereocenters. The van der Waals surface area contributed by atoms with E-state index in [1.165, 1.54) is 60.8 Å². The molecule has 0 aliphatic carbocycles. The van der Waals surface area contributed by atoms with Gasteiger partial charge in [-0.25, -0.2) is 0 Å². The topological polar surface area (TPSA) is 26.3 Å². The van der Waals surface area contributed by atoms with Crippen molar-refractivity contribution in [2.45, 2.75) is 52.4 Å². The normalized spacial score (nSPS) is 12.4. The van der Waals surface area contributed by atoms with Crippen LogP contribution in [-0.2, 0) is 10.8 Å². The molecule has 0 aliphatic heterocycles. The third-order valence-corrected chi connectivity index (χ3v) is 10.5. The van der Waals surface area contributed by atoms with Crippen molar-refractivity contribution in [3.8, 4) is 44.5 Å². The van der Waals surface area contributed by atoms with Gasteiger partial charge in [0.2, 0.25) is 0 Å². The number of fused-ring (bicyclic) bond motifs is 6. The minimum atomic E-state index is -0.199. The van der Waals surface area contributed by atoms with Gasteiger partial charge in [-0.15, -0.1) is 0 Å². The van der Waals surface area contributed by atoms with Crippen molar-refractivity contribution in [1.82, 2.24) is 0 Å². The molecule has 7 aromatic carbocycles. The smallest absolute Gasteiger partial charge is 0.136 e. The van der Waals surface area contributed by atoms with Crippen molar-refractivity contribution in [2.75, 3.05) is 0 Å². The van der Waals surface area contributed by atoms with E-state index in [1.54, 1.807) is 0 Å². The van der Waals surface area contributed by atoms with Crippen LogP contribution in [0.5, 0.6) is 0 Å². The van der Waals surface area contributed by atoms with Crippen molar-refractivity contribution < 1.29 is 8.83 Å². The van der Waals surface area contributed by atoms with E-state index in [9.17, 15) is 0 Å². The van der Waals surface area contributed by atoms with Crippen molar-refractivity contribution in [2.24, 2.45) is 0 Å². The molecule has 9 aromatic rings. The van der Waals surface area contributed by atoms with Crippen LogP contribution in [-0.4, -0.2) is 0 Å². The molecule has 0 amide bonds. The van der Waals surface area contributed by atoms with E-state index in [0.717, 1.165) is 38.7 Å². The second-order valence-electron chi connectivity index (χ2n) is 16.1. The highest BCUT2D eigenvalue weighted by molar-refractivity contribution is 6.18. The first kappa shape index (κ1) is 32.1. The number of hydrogen-bond acceptors (Lipinski definition) is 2. The molecule has 0 N–H and O–H groups in total. The van der Waals surface area contributed by atoms with Crippen LogP contribution in [0.4, 0.5) is 0 Å². The van der Waals surface area contributed by atoms with E-state index >= 15 is 0 Å². The molecule has 0 atom stereocenters. The Balaban J connectivity index is 1.40. The minimum Gasteiger partial charge on any atom is -0.456 e. The van der Waals surface area contributed by atoms with Gasteiger partial charge in [0.15, 0.2) is 0 Å². The lowest BCUT2D eigenvalue weighted by Crippen LogP contribution is -2.14. The minimum absolute atomic E-state index is 0.142. The lowest BCUT2D eigenvalue weighted by atomic mass is 9.77. The quantitative estimate of drug-likeness (QED) is 0.186. The molecule has 254 valence electrons. The molecule has 52 heavy (non-hydrogen) atoms. The predicted molar refractivity (Wildman–Crippen MR) is 220 cm³/mol. The summed E-state index contributed by atoms with van der Waals surface area (Å²) in [5, 5.41) is 4.68. The summed E-state index contributed by atoms with van der Waals surface area (Å²) in [5.74, 6) is 0. The second-order valence-corrected chi connectivity index (χ2v) is 16.1. The first-order valence-electron chi connectivity index (χ1n) is 18.3. The van der Waals surface area contributed by atoms with Crippen LogP contribution >= 0.6 is 0 Å². The fourth-order valence-corrected chi connectivity index (χ4v) is 8.41. The maximum absolute atomic E-state index is 6.93. The highest BCUT2D eigenvalue weighted by Gasteiger charge is 2.30. The van der Waals surface area contributed by atoms with Gasteiger partial charge in [-0.3, -0.25) is 0 Å². The summed E-state index contributed by atoms with van der Waals surface area (Å²) in [4.78, 5) is 0. The van der Waals surface area contributed by atoms with Gasteiger partial charge in [0.25, 0.3) is 0 Å². The van der Waals surface area contributed by atoms with Gasteiger partial charge in [-0.2, -0.15) is 0 Å². The van der Waals surface area contributed by atoms with E-state index in [-0.39, 0.29) is 10.8 Å². The lowest BCUT2D eigenvalue weighted by Gasteiger charge is -2.26. The predicted octanol–water partition coefficient (Wildman–Crippen LogP) is 14.7. The van der Waals surface area contributed by atoms with Crippen molar-refractivity contribution in [1.29, 1.82) is 0 Å². The lowest BCUT2D eigenvalue weighted by molar-refractivity contribution is 0.596. The fourth-order valence-electron chi connectivity index (χ4n) is 8.41. The molecule has 0 saturated heterocycles. The van der Waals surface area contributed by atoms with E-state index in [1.807, 2.05) is 0 Å². The zero-order valence-corrected chi connectivity index (χ0v) is 30.7. The highest BCUT2D eigenvalue weighted by atomic mass is 16.3. The van der Waals surface area contributed by atoms with Crippen LogP contribution in [0.25, 0.3) is 88.4 Å². The number of hydrogen-bond donors (Lipinski definition) is 0. The number of furan rings is 2. The Labute approximate surface area is 305 Å². The van der Waals surface area contributed by atoms with Crippen LogP contribution < -0.4 is 0 Å². The fraction of sp³-hybridized carbons (Fsp3) is 0.160. The Hall–Kier alpha value is -5.86. The standard InChI is InChI=1S/C50H42O2/c1-49(2,3)47-36(32-19-12-8-13-20-32)25-27-41-46(47)44-38(33-21-14-9-15-22-33)29-34(30-42(44)52-41)37-26-28-40-45(48(37)50(4,5)6)43-35(23-16-24-39(43)51-40)31-17-10-7-11-18-31/h7-30H,1-6H3. The summed E-state index contributed by atoms with van der Waals surface area (Å²) in [5.41, 5.74) is 15.3. The van der Waals surface area contributed by atoms with Gasteiger partial charge >= 0.3 is 0 Å². The molecule has 0 aliphatic rings. The van der Waals surface area contributed by atoms with Gasteiger partial charge in [0.05, 0.1) is 0 Å². The van der Waals surface area contributed by atoms with Crippen molar-refractivity contribution in [3.05, 3.63) is 157 Å². The van der Waals surface area contributed by atoms with E-state index in [2.05, 4.69) is 187 Å². The van der Waals surface area contributed by atoms with Crippen LogP contribution in [0.2, 0.25) is 0 Å². The summed E-state index contributed by atoms with van der Waals surface area (Å²) >= 11 is 0. The maximum atomic E-state index is 6.93. The molecule has 2 heterocycles. The Morgan fingerprint density at radius 3 is 1.25 bits per heavy atom. The zero-order valence-electron chi connectivity index (χ0n) is 30.7. The molecule has 0 radical (unpaired) electrons. The molecule has 0 fully saturated rings. The van der Waals surface area contributed by atoms with Gasteiger partial charge in [-0.05, 0) is 96.8 Å². The van der Waals surface area contributed by atoms with Crippen molar-refractivity contribution >= 4 is 43.9 Å². The second kappa shape index (κ2) is 11.9. The van der Waals surface area contributed by atoms with E-state index < -0.39 is 0 Å². The van der Waals surface area contributed by atoms with Gasteiger partial charge in [0, 0.05) is 21.5 Å². The molecular weight excluding hydrogens is 633 g/mol.